The Balaban J connectivity index is 2.47. The molecule has 0 saturated heterocycles. The minimum atomic E-state index is 0.0433. The highest BCUT2D eigenvalue weighted by Crippen LogP contribution is 2.13. The molecule has 0 fully saturated rings. The molecule has 0 aromatic heterocycles. The number of nitrogens with zero attached hydrogens (tertiary/aromatic N) is 1. The molecule has 1 aromatic rings. The molecule has 1 aromatic carbocycles. The number of aliphatic hydroxyl groups excluding tert-OH is 1. The zero-order valence-corrected chi connectivity index (χ0v) is 8.83. The van der Waals surface area contributed by atoms with E-state index in [1.807, 2.05) is 7.05 Å². The zero-order valence-electron chi connectivity index (χ0n) is 8.83. The van der Waals surface area contributed by atoms with Gasteiger partial charge in [-0.1, -0.05) is 12.1 Å². The molecule has 2 N–H and O–H groups in total. The molecule has 0 amide bonds. The first-order chi connectivity index (χ1) is 6.74. The fourth-order valence-electron chi connectivity index (χ4n) is 1.32. The smallest absolute Gasteiger partial charge is 0.0932 e. The van der Waals surface area contributed by atoms with Gasteiger partial charge in [0.05, 0.1) is 6.73 Å². The zero-order chi connectivity index (χ0) is 10.4. The van der Waals surface area contributed by atoms with Crippen LogP contribution in [0.1, 0.15) is 5.56 Å². The molecule has 0 unspecified atom stereocenters. The number of likely N-dealkylation sites (N-methyl/N-ethyl adjacent to an activating group) is 1. The summed E-state index contributed by atoms with van der Waals surface area (Å²) in [7, 11) is 2.05. The number of rotatable bonds is 5. The van der Waals surface area contributed by atoms with Crippen LogP contribution in [0.25, 0.3) is 0 Å². The van der Waals surface area contributed by atoms with E-state index in [-0.39, 0.29) is 6.73 Å². The Hall–Kier alpha value is -1.06. The van der Waals surface area contributed by atoms with Crippen LogP contribution in [0, 0.1) is 6.92 Å². The Morgan fingerprint density at radius 3 is 2.86 bits per heavy atom. The van der Waals surface area contributed by atoms with Crippen LogP contribution in [-0.4, -0.2) is 32.0 Å². The third-order valence-electron chi connectivity index (χ3n) is 2.18. The summed E-state index contributed by atoms with van der Waals surface area (Å²) in [4.78, 5) is 2.16. The van der Waals surface area contributed by atoms with E-state index in [2.05, 4.69) is 41.4 Å². The molecule has 0 aliphatic carbocycles. The highest BCUT2D eigenvalue weighted by molar-refractivity contribution is 5.47. The van der Waals surface area contributed by atoms with Crippen molar-refractivity contribution in [2.75, 3.05) is 31.8 Å². The van der Waals surface area contributed by atoms with Gasteiger partial charge in [0.15, 0.2) is 0 Å². The highest BCUT2D eigenvalue weighted by atomic mass is 16.3. The molecule has 0 saturated carbocycles. The van der Waals surface area contributed by atoms with Gasteiger partial charge in [0, 0.05) is 25.8 Å². The molecule has 0 radical (unpaired) electrons. The second kappa shape index (κ2) is 5.62. The molecule has 3 heteroatoms. The van der Waals surface area contributed by atoms with Crippen LogP contribution in [0.5, 0.6) is 0 Å². The summed E-state index contributed by atoms with van der Waals surface area (Å²) in [6.45, 7) is 3.82. The normalized spacial score (nSPS) is 10.2. The van der Waals surface area contributed by atoms with Crippen molar-refractivity contribution in [1.82, 2.24) is 5.32 Å². The Kier molecular flexibility index (Phi) is 4.43. The molecule has 3 nitrogen and oxygen atoms in total. The molecule has 14 heavy (non-hydrogen) atoms. The first-order valence-corrected chi connectivity index (χ1v) is 4.83. The average Bonchev–Trinajstić information content (AvgIpc) is 2.18. The number of hydrogen-bond acceptors (Lipinski definition) is 3. The van der Waals surface area contributed by atoms with E-state index >= 15 is 0 Å². The molecular weight excluding hydrogens is 176 g/mol. The van der Waals surface area contributed by atoms with Crippen LogP contribution in [0.15, 0.2) is 24.3 Å². The van der Waals surface area contributed by atoms with E-state index in [4.69, 9.17) is 5.11 Å². The molecule has 1 rings (SSSR count). The number of nitrogens with one attached hydrogen (secondary N) is 1. The van der Waals surface area contributed by atoms with Crippen LogP contribution in [0.3, 0.4) is 0 Å². The van der Waals surface area contributed by atoms with Gasteiger partial charge in [-0.15, -0.1) is 0 Å². The quantitative estimate of drug-likeness (QED) is 0.541. The van der Waals surface area contributed by atoms with Crippen LogP contribution >= 0.6 is 0 Å². The summed E-state index contributed by atoms with van der Waals surface area (Å²) in [5.74, 6) is 0. The van der Waals surface area contributed by atoms with Gasteiger partial charge in [0.2, 0.25) is 0 Å². The third-order valence-corrected chi connectivity index (χ3v) is 2.18. The minimum absolute atomic E-state index is 0.0433. The predicted octanol–water partition coefficient (Wildman–Crippen LogP) is 0.971. The molecule has 0 aliphatic rings. The maximum atomic E-state index is 8.56. The number of aryl methyl sites for hydroxylation is 1. The van der Waals surface area contributed by atoms with Gasteiger partial charge in [-0.05, 0) is 24.6 Å². The Bertz CT molecular complexity index is 276. The van der Waals surface area contributed by atoms with Crippen LogP contribution in [0.2, 0.25) is 0 Å². The fraction of sp³-hybridized carbons (Fsp3) is 0.455. The SMILES string of the molecule is Cc1cccc(N(C)CCNCO)c1. The van der Waals surface area contributed by atoms with Crippen LogP contribution in [0.4, 0.5) is 5.69 Å². The predicted molar refractivity (Wildman–Crippen MR) is 59.5 cm³/mol. The summed E-state index contributed by atoms with van der Waals surface area (Å²) < 4.78 is 0. The van der Waals surface area contributed by atoms with E-state index in [0.717, 1.165) is 13.1 Å². The minimum Gasteiger partial charge on any atom is -0.381 e. The largest absolute Gasteiger partial charge is 0.381 e. The van der Waals surface area contributed by atoms with E-state index < -0.39 is 0 Å². The van der Waals surface area contributed by atoms with Crippen molar-refractivity contribution in [3.63, 3.8) is 0 Å². The summed E-state index contributed by atoms with van der Waals surface area (Å²) in [5, 5.41) is 11.4. The lowest BCUT2D eigenvalue weighted by atomic mass is 10.2. The first kappa shape index (κ1) is 11.0. The van der Waals surface area contributed by atoms with Crippen LogP contribution in [-0.2, 0) is 0 Å². The van der Waals surface area contributed by atoms with E-state index in [9.17, 15) is 0 Å². The second-order valence-electron chi connectivity index (χ2n) is 3.42. The first-order valence-electron chi connectivity index (χ1n) is 4.83. The molecule has 0 atom stereocenters. The second-order valence-corrected chi connectivity index (χ2v) is 3.42. The average molecular weight is 194 g/mol. The highest BCUT2D eigenvalue weighted by Gasteiger charge is 1.99. The third kappa shape index (κ3) is 3.36. The Morgan fingerprint density at radius 1 is 1.43 bits per heavy atom. The lowest BCUT2D eigenvalue weighted by molar-refractivity contribution is 0.262. The maximum Gasteiger partial charge on any atom is 0.0932 e. The van der Waals surface area contributed by atoms with E-state index in [1.54, 1.807) is 0 Å². The Labute approximate surface area is 85.4 Å². The van der Waals surface area contributed by atoms with Crippen molar-refractivity contribution in [1.29, 1.82) is 0 Å². The maximum absolute atomic E-state index is 8.56. The van der Waals surface area contributed by atoms with E-state index in [0.29, 0.717) is 0 Å². The number of aliphatic hydroxyl groups is 1. The topological polar surface area (TPSA) is 35.5 Å². The number of hydrogen-bond donors (Lipinski definition) is 2. The van der Waals surface area contributed by atoms with Gasteiger partial charge in [0.1, 0.15) is 0 Å². The van der Waals surface area contributed by atoms with Gasteiger partial charge in [-0.2, -0.15) is 0 Å². The van der Waals surface area contributed by atoms with Gasteiger partial charge in [-0.25, -0.2) is 0 Å². The lowest BCUT2D eigenvalue weighted by Crippen LogP contribution is -2.29. The molecule has 0 aliphatic heterocycles. The summed E-state index contributed by atoms with van der Waals surface area (Å²) in [6, 6.07) is 8.38. The molecule has 0 bridgehead atoms. The van der Waals surface area contributed by atoms with Gasteiger partial charge < -0.3 is 10.0 Å². The van der Waals surface area contributed by atoms with Crippen LogP contribution < -0.4 is 10.2 Å². The summed E-state index contributed by atoms with van der Waals surface area (Å²) in [5.41, 5.74) is 2.48. The summed E-state index contributed by atoms with van der Waals surface area (Å²) in [6.07, 6.45) is 0. The monoisotopic (exact) mass is 194 g/mol. The molecule has 0 spiro atoms. The molecular formula is C11H18N2O. The fourth-order valence-corrected chi connectivity index (χ4v) is 1.32. The summed E-state index contributed by atoms with van der Waals surface area (Å²) >= 11 is 0. The van der Waals surface area contributed by atoms with Gasteiger partial charge >= 0.3 is 0 Å². The standard InChI is InChI=1S/C11H18N2O/c1-10-4-3-5-11(8-10)13(2)7-6-12-9-14/h3-5,8,12,14H,6-7,9H2,1-2H3. The van der Waals surface area contributed by atoms with Crippen molar-refractivity contribution in [2.45, 2.75) is 6.92 Å². The lowest BCUT2D eigenvalue weighted by Gasteiger charge is -2.19. The van der Waals surface area contributed by atoms with Crippen molar-refractivity contribution in [3.05, 3.63) is 29.8 Å². The van der Waals surface area contributed by atoms with Crippen molar-refractivity contribution in [2.24, 2.45) is 0 Å². The van der Waals surface area contributed by atoms with Crippen molar-refractivity contribution >= 4 is 5.69 Å². The molecule has 0 heterocycles. The van der Waals surface area contributed by atoms with Gasteiger partial charge in [-0.3, -0.25) is 5.32 Å². The van der Waals surface area contributed by atoms with Gasteiger partial charge in [0.25, 0.3) is 0 Å². The van der Waals surface area contributed by atoms with E-state index in [1.165, 1.54) is 11.3 Å². The Morgan fingerprint density at radius 2 is 2.21 bits per heavy atom. The number of anilines is 1. The van der Waals surface area contributed by atoms with Crippen molar-refractivity contribution < 1.29 is 5.11 Å². The molecule has 78 valence electrons. The van der Waals surface area contributed by atoms with Crippen molar-refractivity contribution in [3.8, 4) is 0 Å². The number of benzene rings is 1.